The van der Waals surface area contributed by atoms with Crippen molar-refractivity contribution in [1.82, 2.24) is 0 Å². The summed E-state index contributed by atoms with van der Waals surface area (Å²) < 4.78 is 0. The minimum atomic E-state index is 0.719. The first-order valence-corrected chi connectivity index (χ1v) is 5.17. The van der Waals surface area contributed by atoms with Crippen molar-refractivity contribution in [1.29, 1.82) is 0 Å². The van der Waals surface area contributed by atoms with Crippen LogP contribution >= 0.6 is 0 Å². The zero-order valence-electron chi connectivity index (χ0n) is 9.06. The van der Waals surface area contributed by atoms with Gasteiger partial charge in [0.05, 0.1) is 0 Å². The highest BCUT2D eigenvalue weighted by molar-refractivity contribution is 5.38. The van der Waals surface area contributed by atoms with Crippen LogP contribution in [0, 0.1) is 5.92 Å². The molecule has 1 unspecified atom stereocenters. The predicted octanol–water partition coefficient (Wildman–Crippen LogP) is 4.26. The van der Waals surface area contributed by atoms with Gasteiger partial charge in [-0.25, -0.2) is 0 Å². The van der Waals surface area contributed by atoms with Gasteiger partial charge in [0, 0.05) is 0 Å². The summed E-state index contributed by atoms with van der Waals surface area (Å²) in [5.74, 6) is 0.719. The smallest absolute Gasteiger partial charge is 0.0188 e. The van der Waals surface area contributed by atoms with Gasteiger partial charge in [-0.1, -0.05) is 31.2 Å². The average molecular weight is 176 g/mol. The minimum Gasteiger partial charge on any atom is -0.0961 e. The number of hydrogen-bond acceptors (Lipinski definition) is 0. The van der Waals surface area contributed by atoms with E-state index in [9.17, 15) is 0 Å². The zero-order valence-corrected chi connectivity index (χ0v) is 9.06. The van der Waals surface area contributed by atoms with Crippen molar-refractivity contribution in [3.63, 3.8) is 0 Å². The lowest BCUT2D eigenvalue weighted by molar-refractivity contribution is 0.538. The van der Waals surface area contributed by atoms with Crippen molar-refractivity contribution in [3.05, 3.63) is 35.5 Å². The lowest BCUT2D eigenvalue weighted by Gasteiger charge is -2.25. The Hall–Kier alpha value is -0.780. The van der Waals surface area contributed by atoms with E-state index in [1.807, 2.05) is 0 Å². The molecule has 1 atom stereocenters. The van der Waals surface area contributed by atoms with Gasteiger partial charge in [0.15, 0.2) is 0 Å². The van der Waals surface area contributed by atoms with Gasteiger partial charge in [-0.2, -0.15) is 0 Å². The number of allylic oxidation sites excluding steroid dienone is 5. The lowest BCUT2D eigenvalue weighted by Crippen LogP contribution is -2.09. The minimum absolute atomic E-state index is 0.719. The molecule has 1 saturated carbocycles. The largest absolute Gasteiger partial charge is 0.0961 e. The van der Waals surface area contributed by atoms with E-state index in [0.29, 0.717) is 0 Å². The summed E-state index contributed by atoms with van der Waals surface area (Å²) in [4.78, 5) is 0. The summed E-state index contributed by atoms with van der Waals surface area (Å²) >= 11 is 0. The van der Waals surface area contributed by atoms with Crippen molar-refractivity contribution < 1.29 is 0 Å². The monoisotopic (exact) mass is 176 g/mol. The topological polar surface area (TPSA) is 0 Å². The molecule has 1 aliphatic rings. The normalized spacial score (nSPS) is 29.6. The summed E-state index contributed by atoms with van der Waals surface area (Å²) in [6.07, 6.45) is 8.42. The molecule has 13 heavy (non-hydrogen) atoms. The van der Waals surface area contributed by atoms with Crippen molar-refractivity contribution in [3.8, 4) is 0 Å². The molecule has 1 fully saturated rings. The summed E-state index contributed by atoms with van der Waals surface area (Å²) in [5, 5.41) is 0. The van der Waals surface area contributed by atoms with Crippen LogP contribution in [0.15, 0.2) is 35.5 Å². The summed E-state index contributed by atoms with van der Waals surface area (Å²) in [7, 11) is 0. The first kappa shape index (κ1) is 10.3. The molecular formula is C13H20. The molecule has 0 radical (unpaired) electrons. The maximum absolute atomic E-state index is 3.95. The van der Waals surface area contributed by atoms with Crippen LogP contribution in [0.4, 0.5) is 0 Å². The Morgan fingerprint density at radius 3 is 2.77 bits per heavy atom. The van der Waals surface area contributed by atoms with Crippen molar-refractivity contribution >= 4 is 0 Å². The third-order valence-electron chi connectivity index (χ3n) is 2.74. The second-order valence-electron chi connectivity index (χ2n) is 4.05. The first-order chi connectivity index (χ1) is 6.15. The fourth-order valence-electron chi connectivity index (χ4n) is 2.03. The Morgan fingerprint density at radius 1 is 1.54 bits per heavy atom. The first-order valence-electron chi connectivity index (χ1n) is 5.17. The van der Waals surface area contributed by atoms with Gasteiger partial charge >= 0.3 is 0 Å². The van der Waals surface area contributed by atoms with Crippen LogP contribution in [-0.2, 0) is 0 Å². The molecule has 0 aromatic rings. The van der Waals surface area contributed by atoms with E-state index in [1.54, 1.807) is 0 Å². The molecule has 0 heteroatoms. The molecule has 0 N–H and O–H groups in total. The van der Waals surface area contributed by atoms with Crippen LogP contribution in [0.1, 0.15) is 40.0 Å². The van der Waals surface area contributed by atoms with E-state index < -0.39 is 0 Å². The lowest BCUT2D eigenvalue weighted by atomic mass is 9.81. The van der Waals surface area contributed by atoms with Gasteiger partial charge in [-0.05, 0) is 50.2 Å². The molecule has 0 heterocycles. The van der Waals surface area contributed by atoms with Crippen LogP contribution in [-0.4, -0.2) is 0 Å². The number of rotatable bonds is 1. The summed E-state index contributed by atoms with van der Waals surface area (Å²) in [5.41, 5.74) is 4.21. The fraction of sp³-hybridized carbons (Fsp3) is 0.538. The molecule has 0 aromatic carbocycles. The van der Waals surface area contributed by atoms with Crippen molar-refractivity contribution in [2.45, 2.75) is 40.0 Å². The van der Waals surface area contributed by atoms with E-state index >= 15 is 0 Å². The average Bonchev–Trinajstić information content (AvgIpc) is 2.08. The van der Waals surface area contributed by atoms with Crippen molar-refractivity contribution in [2.24, 2.45) is 5.92 Å². The van der Waals surface area contributed by atoms with Crippen LogP contribution in [0.25, 0.3) is 0 Å². The second-order valence-corrected chi connectivity index (χ2v) is 4.05. The van der Waals surface area contributed by atoms with Crippen molar-refractivity contribution in [2.75, 3.05) is 0 Å². The highest BCUT2D eigenvalue weighted by atomic mass is 14.2. The third-order valence-corrected chi connectivity index (χ3v) is 2.74. The predicted molar refractivity (Wildman–Crippen MR) is 59.7 cm³/mol. The Labute approximate surface area is 82.0 Å². The number of hydrogen-bond donors (Lipinski definition) is 0. The van der Waals surface area contributed by atoms with Gasteiger partial charge in [0.1, 0.15) is 0 Å². The van der Waals surface area contributed by atoms with Gasteiger partial charge < -0.3 is 0 Å². The molecule has 0 saturated heterocycles. The maximum Gasteiger partial charge on any atom is -0.0188 e. The molecule has 1 rings (SSSR count). The molecule has 72 valence electrons. The van der Waals surface area contributed by atoms with Crippen LogP contribution in [0.2, 0.25) is 0 Å². The SMILES string of the molecule is C=C(C)/C=C1\C(=C/C)CCCC1C. The third kappa shape index (κ3) is 2.58. The molecule has 0 bridgehead atoms. The fourth-order valence-corrected chi connectivity index (χ4v) is 2.03. The quantitative estimate of drug-likeness (QED) is 0.560. The Kier molecular flexibility index (Phi) is 3.53. The van der Waals surface area contributed by atoms with E-state index in [4.69, 9.17) is 0 Å². The molecular weight excluding hydrogens is 156 g/mol. The Balaban J connectivity index is 2.92. The van der Waals surface area contributed by atoms with E-state index in [-0.39, 0.29) is 0 Å². The van der Waals surface area contributed by atoms with Gasteiger partial charge in [0.2, 0.25) is 0 Å². The summed E-state index contributed by atoms with van der Waals surface area (Å²) in [6, 6.07) is 0. The molecule has 0 nitrogen and oxygen atoms in total. The molecule has 0 amide bonds. The van der Waals surface area contributed by atoms with Crippen LogP contribution < -0.4 is 0 Å². The molecule has 0 aromatic heterocycles. The zero-order chi connectivity index (χ0) is 9.84. The van der Waals surface area contributed by atoms with E-state index in [0.717, 1.165) is 5.92 Å². The highest BCUT2D eigenvalue weighted by Crippen LogP contribution is 2.33. The van der Waals surface area contributed by atoms with Gasteiger partial charge in [-0.3, -0.25) is 0 Å². The van der Waals surface area contributed by atoms with E-state index in [1.165, 1.54) is 36.0 Å². The molecule has 0 aliphatic heterocycles. The summed E-state index contributed by atoms with van der Waals surface area (Å²) in [6.45, 7) is 10.5. The van der Waals surface area contributed by atoms with Crippen LogP contribution in [0.3, 0.4) is 0 Å². The Bertz CT molecular complexity index is 253. The van der Waals surface area contributed by atoms with Gasteiger partial charge in [-0.15, -0.1) is 0 Å². The van der Waals surface area contributed by atoms with Gasteiger partial charge in [0.25, 0.3) is 0 Å². The standard InChI is InChI=1S/C13H20/c1-5-12-8-6-7-11(4)13(12)9-10(2)3/h5,9,11H,2,6-8H2,1,3-4H3/b12-5-,13-9-. The maximum atomic E-state index is 3.95. The van der Waals surface area contributed by atoms with E-state index in [2.05, 4.69) is 39.5 Å². The highest BCUT2D eigenvalue weighted by Gasteiger charge is 2.17. The molecule has 1 aliphatic carbocycles. The molecule has 0 spiro atoms. The Morgan fingerprint density at radius 2 is 2.23 bits per heavy atom. The van der Waals surface area contributed by atoms with Crippen LogP contribution in [0.5, 0.6) is 0 Å². The second kappa shape index (κ2) is 4.45.